The minimum atomic E-state index is -1.04. The molecule has 1 heterocycles. The predicted molar refractivity (Wildman–Crippen MR) is 87.3 cm³/mol. The van der Waals surface area contributed by atoms with Gasteiger partial charge in [-0.25, -0.2) is 4.98 Å². The highest BCUT2D eigenvalue weighted by Crippen LogP contribution is 2.23. The zero-order chi connectivity index (χ0) is 16.3. The second kappa shape index (κ2) is 7.19. The summed E-state index contributed by atoms with van der Waals surface area (Å²) in [6, 6.07) is 0. The van der Waals surface area contributed by atoms with Gasteiger partial charge < -0.3 is 15.2 Å². The molecule has 0 amide bonds. The predicted octanol–water partition coefficient (Wildman–Crippen LogP) is 2.76. The smallest absolute Gasteiger partial charge is 0.224 e. The molecule has 120 valence electrons. The zero-order valence-corrected chi connectivity index (χ0v) is 15.2. The van der Waals surface area contributed by atoms with E-state index >= 15 is 0 Å². The number of hydrogen-bond donors (Lipinski definition) is 3. The molecule has 8 heteroatoms. The van der Waals surface area contributed by atoms with Crippen LogP contribution in [0.1, 0.15) is 34.6 Å². The summed E-state index contributed by atoms with van der Waals surface area (Å²) in [5.74, 6) is 0.591. The van der Waals surface area contributed by atoms with E-state index in [-0.39, 0.29) is 10.8 Å². The molecule has 1 aromatic rings. The summed E-state index contributed by atoms with van der Waals surface area (Å²) in [6.07, 6.45) is 0.544. The minimum absolute atomic E-state index is 0.167. The van der Waals surface area contributed by atoms with Crippen LogP contribution in [0.4, 0.5) is 5.82 Å². The molecule has 0 spiro atoms. The molecule has 0 aliphatic heterocycles. The molecule has 0 aliphatic carbocycles. The molecular weight excluding hydrogens is 360 g/mol. The molecule has 6 nitrogen and oxygen atoms in total. The van der Waals surface area contributed by atoms with Gasteiger partial charge in [0.2, 0.25) is 11.7 Å². The summed E-state index contributed by atoms with van der Waals surface area (Å²) in [6.45, 7) is 10.0. The normalized spacial score (nSPS) is 14.1. The van der Waals surface area contributed by atoms with E-state index in [0.717, 1.165) is 0 Å². The summed E-state index contributed by atoms with van der Waals surface area (Å²) in [7, 11) is 0. The Morgan fingerprint density at radius 1 is 1.38 bits per heavy atom. The first-order chi connectivity index (χ1) is 9.48. The molecule has 0 bridgehead atoms. The number of nitrogens with one attached hydrogen (secondary N) is 2. The molecule has 21 heavy (non-hydrogen) atoms. The van der Waals surface area contributed by atoms with Crippen LogP contribution in [-0.4, -0.2) is 39.2 Å². The third-order valence-corrected chi connectivity index (χ3v) is 3.12. The number of halogens is 2. The molecule has 0 radical (unpaired) electrons. The van der Waals surface area contributed by atoms with E-state index in [4.69, 9.17) is 16.3 Å². The Morgan fingerprint density at radius 3 is 2.57 bits per heavy atom. The van der Waals surface area contributed by atoms with Gasteiger partial charge in [0.15, 0.2) is 0 Å². The minimum Gasteiger partial charge on any atom is -0.363 e. The van der Waals surface area contributed by atoms with E-state index in [9.17, 15) is 5.11 Å². The van der Waals surface area contributed by atoms with Crippen LogP contribution in [0.3, 0.4) is 0 Å². The van der Waals surface area contributed by atoms with Gasteiger partial charge in [0.25, 0.3) is 0 Å². The molecule has 1 unspecified atom stereocenters. The molecule has 3 N–H and O–H groups in total. The largest absolute Gasteiger partial charge is 0.363 e. The Morgan fingerprint density at radius 2 is 2.00 bits per heavy atom. The Hall–Kier alpha value is -0.470. The lowest BCUT2D eigenvalue weighted by Crippen LogP contribution is -2.48. The lowest BCUT2D eigenvalue weighted by Gasteiger charge is -2.31. The summed E-state index contributed by atoms with van der Waals surface area (Å²) < 4.78 is 6.10. The van der Waals surface area contributed by atoms with Gasteiger partial charge in [-0.1, -0.05) is 0 Å². The number of aliphatic hydroxyl groups is 1. The molecule has 0 aliphatic rings. The Balaban J connectivity index is 2.59. The van der Waals surface area contributed by atoms with Crippen LogP contribution in [0, 0.1) is 0 Å². The average Bonchev–Trinajstić information content (AvgIpc) is 2.29. The van der Waals surface area contributed by atoms with Crippen molar-refractivity contribution in [3.05, 3.63) is 16.0 Å². The topological polar surface area (TPSA) is 79.3 Å². The van der Waals surface area contributed by atoms with E-state index < -0.39 is 12.0 Å². The van der Waals surface area contributed by atoms with Crippen LogP contribution in [0.5, 0.6) is 0 Å². The molecule has 1 aromatic heterocycles. The Bertz CT molecular complexity index is 480. The summed E-state index contributed by atoms with van der Waals surface area (Å²) in [5.41, 5.74) is -0.810. The fourth-order valence-corrected chi connectivity index (χ4v) is 1.94. The zero-order valence-electron chi connectivity index (χ0n) is 12.9. The van der Waals surface area contributed by atoms with Crippen molar-refractivity contribution < 1.29 is 9.84 Å². The monoisotopic (exact) mass is 380 g/mol. The molecule has 0 fully saturated rings. The number of aliphatic hydroxyl groups excluding tert-OH is 1. The fraction of sp³-hybridized carbons (Fsp3) is 0.692. The Labute approximate surface area is 138 Å². The van der Waals surface area contributed by atoms with Crippen molar-refractivity contribution in [1.29, 1.82) is 0 Å². The summed E-state index contributed by atoms with van der Waals surface area (Å²) in [5, 5.41) is 16.1. The van der Waals surface area contributed by atoms with Crippen molar-refractivity contribution >= 4 is 33.3 Å². The highest BCUT2D eigenvalue weighted by Gasteiger charge is 2.23. The van der Waals surface area contributed by atoms with Crippen LogP contribution >= 0.6 is 27.5 Å². The average molecular weight is 382 g/mol. The first-order valence-electron chi connectivity index (χ1n) is 6.54. The number of aromatic nitrogens is 2. The second-order valence-electron chi connectivity index (χ2n) is 6.31. The first kappa shape index (κ1) is 18.6. The lowest BCUT2D eigenvalue weighted by atomic mass is 10.1. The highest BCUT2D eigenvalue weighted by molar-refractivity contribution is 9.10. The molecular formula is C13H22BrClN4O2. The van der Waals surface area contributed by atoms with Gasteiger partial charge in [0.1, 0.15) is 5.82 Å². The van der Waals surface area contributed by atoms with E-state index in [2.05, 4.69) is 36.5 Å². The van der Waals surface area contributed by atoms with Crippen molar-refractivity contribution in [3.8, 4) is 0 Å². The number of ether oxygens (including phenoxy) is 1. The summed E-state index contributed by atoms with van der Waals surface area (Å²) >= 11 is 9.15. The maximum Gasteiger partial charge on any atom is 0.224 e. The highest BCUT2D eigenvalue weighted by atomic mass is 79.9. The molecule has 0 saturated carbocycles. The van der Waals surface area contributed by atoms with Crippen LogP contribution < -0.4 is 10.6 Å². The SMILES string of the molecule is CC(C)(CNC(O)OC(C)(C)C)Nc1nc(Cl)ncc1Br. The lowest BCUT2D eigenvalue weighted by molar-refractivity contribution is -0.182. The van der Waals surface area contributed by atoms with Crippen molar-refractivity contribution in [2.45, 2.75) is 52.2 Å². The quantitative estimate of drug-likeness (QED) is 0.519. The molecule has 0 aromatic carbocycles. The van der Waals surface area contributed by atoms with Gasteiger partial charge in [-0.2, -0.15) is 4.98 Å². The maximum atomic E-state index is 9.80. The van der Waals surface area contributed by atoms with Gasteiger partial charge in [0, 0.05) is 18.3 Å². The molecule has 0 saturated heterocycles. The van der Waals surface area contributed by atoms with Gasteiger partial charge in [0.05, 0.1) is 10.1 Å². The van der Waals surface area contributed by atoms with Crippen molar-refractivity contribution in [2.75, 3.05) is 11.9 Å². The van der Waals surface area contributed by atoms with E-state index in [1.54, 1.807) is 6.20 Å². The first-order valence-corrected chi connectivity index (χ1v) is 7.71. The molecule has 1 rings (SSSR count). The van der Waals surface area contributed by atoms with Gasteiger partial charge >= 0.3 is 0 Å². The third-order valence-electron chi connectivity index (χ3n) is 2.36. The van der Waals surface area contributed by atoms with Gasteiger partial charge in [-0.05, 0) is 62.1 Å². The third kappa shape index (κ3) is 7.37. The van der Waals surface area contributed by atoms with Gasteiger partial charge in [-0.15, -0.1) is 0 Å². The number of rotatable bonds is 6. The fourth-order valence-electron chi connectivity index (χ4n) is 1.52. The van der Waals surface area contributed by atoms with Crippen LogP contribution in [0.2, 0.25) is 5.28 Å². The van der Waals surface area contributed by atoms with Crippen LogP contribution in [0.15, 0.2) is 10.7 Å². The van der Waals surface area contributed by atoms with Gasteiger partial charge in [-0.3, -0.25) is 5.32 Å². The molecule has 1 atom stereocenters. The summed E-state index contributed by atoms with van der Waals surface area (Å²) in [4.78, 5) is 7.99. The van der Waals surface area contributed by atoms with Crippen molar-refractivity contribution in [3.63, 3.8) is 0 Å². The van der Waals surface area contributed by atoms with Crippen LogP contribution in [0.25, 0.3) is 0 Å². The number of hydrogen-bond acceptors (Lipinski definition) is 6. The van der Waals surface area contributed by atoms with E-state index in [1.165, 1.54) is 0 Å². The van der Waals surface area contributed by atoms with E-state index in [0.29, 0.717) is 16.8 Å². The number of anilines is 1. The number of nitrogens with zero attached hydrogens (tertiary/aromatic N) is 2. The second-order valence-corrected chi connectivity index (χ2v) is 7.50. The maximum absolute atomic E-state index is 9.80. The van der Waals surface area contributed by atoms with Crippen molar-refractivity contribution in [1.82, 2.24) is 15.3 Å². The van der Waals surface area contributed by atoms with E-state index in [1.807, 2.05) is 34.6 Å². The Kier molecular flexibility index (Phi) is 6.36. The van der Waals surface area contributed by atoms with Crippen molar-refractivity contribution in [2.24, 2.45) is 0 Å². The standard InChI is InChI=1S/C13H22BrClN4O2/c1-12(2,3)21-11(20)17-7-13(4,5)19-9-8(14)6-16-10(15)18-9/h6,11,17,20H,7H2,1-5H3,(H,16,18,19). The van der Waals surface area contributed by atoms with Crippen LogP contribution in [-0.2, 0) is 4.74 Å².